The molecule has 0 saturated heterocycles. The number of nitrogens with one attached hydrogen (secondary N) is 1. The Bertz CT molecular complexity index is 365. The second-order valence-electron chi connectivity index (χ2n) is 4.56. The van der Waals surface area contributed by atoms with Crippen LogP contribution in [0.4, 0.5) is 0 Å². The highest BCUT2D eigenvalue weighted by atomic mass is 32.2. The van der Waals surface area contributed by atoms with Gasteiger partial charge in [0.2, 0.25) is 0 Å². The van der Waals surface area contributed by atoms with Crippen LogP contribution in [0.3, 0.4) is 0 Å². The van der Waals surface area contributed by atoms with Gasteiger partial charge in [-0.3, -0.25) is 4.21 Å². The van der Waals surface area contributed by atoms with Crippen molar-refractivity contribution in [2.75, 3.05) is 18.6 Å². The van der Waals surface area contributed by atoms with E-state index in [0.717, 1.165) is 12.4 Å². The van der Waals surface area contributed by atoms with Gasteiger partial charge in [-0.15, -0.1) is 5.10 Å². The number of aryl methyl sites for hydroxylation is 1. The molecule has 2 atom stereocenters. The SMILES string of the molecule is CC(C)CNC(C)c1nnnn1CCS(C)=O. The summed E-state index contributed by atoms with van der Waals surface area (Å²) in [5.41, 5.74) is 0. The lowest BCUT2D eigenvalue weighted by atomic mass is 10.2. The summed E-state index contributed by atoms with van der Waals surface area (Å²) in [5, 5.41) is 15.0. The molecule has 7 heteroatoms. The molecule has 1 aromatic rings. The van der Waals surface area contributed by atoms with Gasteiger partial charge >= 0.3 is 0 Å². The zero-order chi connectivity index (χ0) is 12.8. The van der Waals surface area contributed by atoms with Crippen LogP contribution in [-0.4, -0.2) is 43.0 Å². The number of hydrogen-bond donors (Lipinski definition) is 1. The van der Waals surface area contributed by atoms with Crippen LogP contribution in [0.1, 0.15) is 32.6 Å². The summed E-state index contributed by atoms with van der Waals surface area (Å²) < 4.78 is 12.8. The molecule has 17 heavy (non-hydrogen) atoms. The predicted octanol–water partition coefficient (Wildman–Crippen LogP) is 0.358. The number of nitrogens with zero attached hydrogens (tertiary/aromatic N) is 4. The first-order valence-corrected chi connectivity index (χ1v) is 7.53. The van der Waals surface area contributed by atoms with E-state index in [1.807, 2.05) is 6.92 Å². The zero-order valence-corrected chi connectivity index (χ0v) is 11.7. The summed E-state index contributed by atoms with van der Waals surface area (Å²) in [6.45, 7) is 7.87. The van der Waals surface area contributed by atoms with Crippen LogP contribution in [0.2, 0.25) is 0 Å². The number of rotatable bonds is 7. The molecule has 0 aromatic carbocycles. The fraction of sp³-hybridized carbons (Fsp3) is 0.900. The quantitative estimate of drug-likeness (QED) is 0.765. The van der Waals surface area contributed by atoms with Crippen LogP contribution in [-0.2, 0) is 17.3 Å². The molecular formula is C10H21N5OS. The van der Waals surface area contributed by atoms with E-state index < -0.39 is 10.8 Å². The van der Waals surface area contributed by atoms with E-state index in [1.165, 1.54) is 0 Å². The molecule has 1 heterocycles. The molecule has 0 spiro atoms. The Morgan fingerprint density at radius 1 is 1.41 bits per heavy atom. The summed E-state index contributed by atoms with van der Waals surface area (Å²) >= 11 is 0. The zero-order valence-electron chi connectivity index (χ0n) is 10.9. The van der Waals surface area contributed by atoms with Crippen molar-refractivity contribution in [3.63, 3.8) is 0 Å². The van der Waals surface area contributed by atoms with E-state index in [0.29, 0.717) is 18.2 Å². The Balaban J connectivity index is 2.57. The first-order chi connectivity index (χ1) is 8.00. The van der Waals surface area contributed by atoms with Crippen molar-refractivity contribution in [3.05, 3.63) is 5.82 Å². The van der Waals surface area contributed by atoms with Crippen molar-refractivity contribution >= 4 is 10.8 Å². The number of tetrazole rings is 1. The maximum atomic E-state index is 11.0. The molecule has 0 amide bonds. The van der Waals surface area contributed by atoms with Gasteiger partial charge < -0.3 is 5.32 Å². The van der Waals surface area contributed by atoms with E-state index in [9.17, 15) is 4.21 Å². The molecule has 2 unspecified atom stereocenters. The average molecular weight is 259 g/mol. The summed E-state index contributed by atoms with van der Waals surface area (Å²) in [7, 11) is -0.820. The van der Waals surface area contributed by atoms with Crippen LogP contribution < -0.4 is 5.32 Å². The first kappa shape index (κ1) is 14.2. The van der Waals surface area contributed by atoms with Crippen molar-refractivity contribution in [3.8, 4) is 0 Å². The Labute approximate surface area is 105 Å². The molecule has 0 aliphatic rings. The van der Waals surface area contributed by atoms with Crippen LogP contribution in [0.5, 0.6) is 0 Å². The van der Waals surface area contributed by atoms with Gasteiger partial charge in [0.25, 0.3) is 0 Å². The molecule has 1 N–H and O–H groups in total. The highest BCUT2D eigenvalue weighted by Crippen LogP contribution is 2.07. The van der Waals surface area contributed by atoms with Gasteiger partial charge in [0.05, 0.1) is 12.6 Å². The molecule has 0 fully saturated rings. The smallest absolute Gasteiger partial charge is 0.167 e. The Morgan fingerprint density at radius 2 is 2.12 bits per heavy atom. The topological polar surface area (TPSA) is 72.7 Å². The number of hydrogen-bond acceptors (Lipinski definition) is 5. The van der Waals surface area contributed by atoms with E-state index in [2.05, 4.69) is 34.7 Å². The van der Waals surface area contributed by atoms with Crippen molar-refractivity contribution in [2.24, 2.45) is 5.92 Å². The molecule has 98 valence electrons. The fourth-order valence-electron chi connectivity index (χ4n) is 1.40. The van der Waals surface area contributed by atoms with Crippen molar-refractivity contribution in [1.29, 1.82) is 0 Å². The predicted molar refractivity (Wildman–Crippen MR) is 68.0 cm³/mol. The normalized spacial score (nSPS) is 15.1. The monoisotopic (exact) mass is 259 g/mol. The molecule has 0 aliphatic heterocycles. The van der Waals surface area contributed by atoms with Gasteiger partial charge in [-0.25, -0.2) is 4.68 Å². The van der Waals surface area contributed by atoms with Gasteiger partial charge in [-0.2, -0.15) is 0 Å². The molecule has 1 aromatic heterocycles. The van der Waals surface area contributed by atoms with Crippen molar-refractivity contribution < 1.29 is 4.21 Å². The molecular weight excluding hydrogens is 238 g/mol. The molecule has 0 bridgehead atoms. The summed E-state index contributed by atoms with van der Waals surface area (Å²) in [6, 6.07) is 0.109. The van der Waals surface area contributed by atoms with Crippen molar-refractivity contribution in [1.82, 2.24) is 25.5 Å². The van der Waals surface area contributed by atoms with Crippen LogP contribution >= 0.6 is 0 Å². The van der Waals surface area contributed by atoms with Crippen LogP contribution in [0.25, 0.3) is 0 Å². The van der Waals surface area contributed by atoms with Gasteiger partial charge in [0.1, 0.15) is 0 Å². The minimum Gasteiger partial charge on any atom is -0.307 e. The third-order valence-electron chi connectivity index (χ3n) is 2.37. The van der Waals surface area contributed by atoms with Crippen LogP contribution in [0.15, 0.2) is 0 Å². The molecule has 0 radical (unpaired) electrons. The first-order valence-electron chi connectivity index (χ1n) is 5.80. The average Bonchev–Trinajstić information content (AvgIpc) is 2.71. The van der Waals surface area contributed by atoms with Gasteiger partial charge in [0.15, 0.2) is 5.82 Å². The van der Waals surface area contributed by atoms with E-state index in [1.54, 1.807) is 10.9 Å². The highest BCUT2D eigenvalue weighted by molar-refractivity contribution is 7.84. The minimum absolute atomic E-state index is 0.109. The lowest BCUT2D eigenvalue weighted by molar-refractivity contribution is 0.458. The Morgan fingerprint density at radius 3 is 2.71 bits per heavy atom. The maximum Gasteiger partial charge on any atom is 0.167 e. The lowest BCUT2D eigenvalue weighted by Crippen LogP contribution is -2.26. The Kier molecular flexibility index (Phi) is 5.70. The molecule has 1 rings (SSSR count). The number of aromatic nitrogens is 4. The van der Waals surface area contributed by atoms with Crippen LogP contribution in [0, 0.1) is 5.92 Å². The maximum absolute atomic E-state index is 11.0. The van der Waals surface area contributed by atoms with Gasteiger partial charge in [-0.05, 0) is 29.8 Å². The fourth-order valence-corrected chi connectivity index (χ4v) is 1.83. The molecule has 0 aliphatic carbocycles. The minimum atomic E-state index is -0.820. The van der Waals surface area contributed by atoms with Gasteiger partial charge in [0, 0.05) is 22.8 Å². The van der Waals surface area contributed by atoms with Gasteiger partial charge in [-0.1, -0.05) is 13.8 Å². The Hall–Kier alpha value is -0.820. The molecule has 6 nitrogen and oxygen atoms in total. The summed E-state index contributed by atoms with van der Waals surface area (Å²) in [4.78, 5) is 0. The second kappa shape index (κ2) is 6.80. The van der Waals surface area contributed by atoms with E-state index >= 15 is 0 Å². The second-order valence-corrected chi connectivity index (χ2v) is 6.12. The summed E-state index contributed by atoms with van der Waals surface area (Å²) in [6.07, 6.45) is 1.68. The molecule has 0 saturated carbocycles. The summed E-state index contributed by atoms with van der Waals surface area (Å²) in [5.74, 6) is 1.97. The lowest BCUT2D eigenvalue weighted by Gasteiger charge is -2.14. The third-order valence-corrected chi connectivity index (χ3v) is 3.13. The highest BCUT2D eigenvalue weighted by Gasteiger charge is 2.14. The standard InChI is InChI=1S/C10H21N5OS/c1-8(2)7-11-9(3)10-12-13-14-15(10)5-6-17(4)16/h8-9,11H,5-7H2,1-4H3. The van der Waals surface area contributed by atoms with E-state index in [-0.39, 0.29) is 6.04 Å². The van der Waals surface area contributed by atoms with Crippen molar-refractivity contribution in [2.45, 2.75) is 33.4 Å². The largest absolute Gasteiger partial charge is 0.307 e. The third kappa shape index (κ3) is 4.91. The van der Waals surface area contributed by atoms with E-state index in [4.69, 9.17) is 0 Å².